The van der Waals surface area contributed by atoms with E-state index in [1.54, 1.807) is 18.2 Å². The molecule has 0 spiro atoms. The maximum Gasteiger partial charge on any atom is 0.412 e. The van der Waals surface area contributed by atoms with Gasteiger partial charge in [0.2, 0.25) is 0 Å². The lowest BCUT2D eigenvalue weighted by atomic mass is 9.96. The van der Waals surface area contributed by atoms with Crippen molar-refractivity contribution in [1.29, 1.82) is 0 Å². The molecule has 1 aliphatic carbocycles. The van der Waals surface area contributed by atoms with E-state index in [1.807, 2.05) is 6.07 Å². The fourth-order valence-corrected chi connectivity index (χ4v) is 3.00. The number of ether oxygens (including phenoxy) is 2. The summed E-state index contributed by atoms with van der Waals surface area (Å²) in [7, 11) is 1.26. The molecule has 0 atom stereocenters. The van der Waals surface area contributed by atoms with Crippen molar-refractivity contribution in [3.63, 3.8) is 0 Å². The van der Waals surface area contributed by atoms with Crippen LogP contribution in [0, 0.1) is 5.82 Å². The van der Waals surface area contributed by atoms with Crippen LogP contribution in [0.25, 0.3) is 0 Å². The molecule has 26 heavy (non-hydrogen) atoms. The van der Waals surface area contributed by atoms with Crippen molar-refractivity contribution in [3.05, 3.63) is 63.9 Å². The number of halogens is 2. The molecule has 5 nitrogen and oxygen atoms in total. The Hall–Kier alpha value is -2.41. The normalized spacial score (nSPS) is 14.4. The van der Waals surface area contributed by atoms with Crippen LogP contribution in [0.15, 0.2) is 46.9 Å². The standard InChI is InChI=1S/C19H17BrFNO4/c1-25-17(23)13-4-2-3-5-16(13)26-18(24)22-11-19(8-9-19)12-6-7-14(20)15(21)10-12/h2-7,10H,8-9,11H2,1H3,(H,22,24). The Labute approximate surface area is 158 Å². The summed E-state index contributed by atoms with van der Waals surface area (Å²) in [5, 5.41) is 2.70. The molecule has 0 saturated heterocycles. The number of nitrogens with one attached hydrogen (secondary N) is 1. The maximum atomic E-state index is 13.8. The second kappa shape index (κ2) is 7.45. The fraction of sp³-hybridized carbons (Fsp3) is 0.263. The van der Waals surface area contributed by atoms with Gasteiger partial charge in [-0.25, -0.2) is 14.0 Å². The van der Waals surface area contributed by atoms with E-state index in [0.29, 0.717) is 11.0 Å². The molecule has 3 rings (SSSR count). The minimum Gasteiger partial charge on any atom is -0.465 e. The third kappa shape index (κ3) is 3.88. The number of para-hydroxylation sites is 1. The van der Waals surface area contributed by atoms with Crippen LogP contribution in [0.3, 0.4) is 0 Å². The first-order chi connectivity index (χ1) is 12.4. The average molecular weight is 422 g/mol. The highest BCUT2D eigenvalue weighted by Gasteiger charge is 2.44. The van der Waals surface area contributed by atoms with E-state index in [-0.39, 0.29) is 22.5 Å². The number of esters is 1. The van der Waals surface area contributed by atoms with Crippen LogP contribution in [-0.4, -0.2) is 25.7 Å². The summed E-state index contributed by atoms with van der Waals surface area (Å²) in [6, 6.07) is 11.3. The molecular weight excluding hydrogens is 405 g/mol. The Bertz CT molecular complexity index is 851. The lowest BCUT2D eigenvalue weighted by molar-refractivity contribution is 0.0598. The fourth-order valence-electron chi connectivity index (χ4n) is 2.76. The summed E-state index contributed by atoms with van der Waals surface area (Å²) < 4.78 is 24.1. The predicted octanol–water partition coefficient (Wildman–Crippen LogP) is 4.20. The summed E-state index contributed by atoms with van der Waals surface area (Å²) >= 11 is 3.14. The molecule has 7 heteroatoms. The zero-order chi connectivity index (χ0) is 18.7. The third-order valence-corrected chi connectivity index (χ3v) is 5.09. The van der Waals surface area contributed by atoms with E-state index in [4.69, 9.17) is 4.74 Å². The molecule has 2 aromatic rings. The molecule has 1 saturated carbocycles. The zero-order valence-electron chi connectivity index (χ0n) is 14.1. The molecule has 1 fully saturated rings. The monoisotopic (exact) mass is 421 g/mol. The number of amides is 1. The predicted molar refractivity (Wildman–Crippen MR) is 96.8 cm³/mol. The molecule has 0 unspecified atom stereocenters. The third-order valence-electron chi connectivity index (χ3n) is 4.45. The van der Waals surface area contributed by atoms with E-state index >= 15 is 0 Å². The Morgan fingerprint density at radius 2 is 1.96 bits per heavy atom. The van der Waals surface area contributed by atoms with Crippen molar-refractivity contribution in [2.75, 3.05) is 13.7 Å². The topological polar surface area (TPSA) is 64.6 Å². The van der Waals surface area contributed by atoms with Gasteiger partial charge >= 0.3 is 12.1 Å². The van der Waals surface area contributed by atoms with Gasteiger partial charge in [0.15, 0.2) is 0 Å². The number of rotatable bonds is 5. The number of carbonyl (C=O) groups excluding carboxylic acids is 2. The second-order valence-corrected chi connectivity index (χ2v) is 6.99. The highest BCUT2D eigenvalue weighted by Crippen LogP contribution is 2.48. The Balaban J connectivity index is 1.65. The second-order valence-electron chi connectivity index (χ2n) is 6.14. The number of methoxy groups -OCH3 is 1. The number of carbonyl (C=O) groups is 2. The SMILES string of the molecule is COC(=O)c1ccccc1OC(=O)NCC1(c2ccc(Br)c(F)c2)CC1. The summed E-state index contributed by atoms with van der Waals surface area (Å²) in [5.41, 5.74) is 0.734. The zero-order valence-corrected chi connectivity index (χ0v) is 15.6. The first kappa shape index (κ1) is 18.4. The smallest absolute Gasteiger partial charge is 0.412 e. The molecule has 0 radical (unpaired) electrons. The van der Waals surface area contributed by atoms with E-state index < -0.39 is 12.1 Å². The van der Waals surface area contributed by atoms with E-state index in [1.165, 1.54) is 25.3 Å². The first-order valence-electron chi connectivity index (χ1n) is 8.04. The molecule has 1 amide bonds. The molecule has 0 bridgehead atoms. The van der Waals surface area contributed by atoms with Gasteiger partial charge in [-0.15, -0.1) is 0 Å². The van der Waals surface area contributed by atoms with Crippen LogP contribution >= 0.6 is 15.9 Å². The van der Waals surface area contributed by atoms with Crippen molar-refractivity contribution in [2.24, 2.45) is 0 Å². The molecule has 0 aromatic heterocycles. The molecule has 1 N–H and O–H groups in total. The van der Waals surface area contributed by atoms with Gasteiger partial charge in [0.05, 0.1) is 11.6 Å². The van der Waals surface area contributed by atoms with Crippen molar-refractivity contribution in [3.8, 4) is 5.75 Å². The highest BCUT2D eigenvalue weighted by molar-refractivity contribution is 9.10. The highest BCUT2D eigenvalue weighted by atomic mass is 79.9. The molecule has 136 valence electrons. The molecule has 0 aliphatic heterocycles. The van der Waals surface area contributed by atoms with Crippen LogP contribution in [0.4, 0.5) is 9.18 Å². The average Bonchev–Trinajstić information content (AvgIpc) is 3.43. The molecule has 0 heterocycles. The van der Waals surface area contributed by atoms with Crippen LogP contribution in [0.2, 0.25) is 0 Å². The van der Waals surface area contributed by atoms with Crippen molar-refractivity contribution < 1.29 is 23.5 Å². The number of hydrogen-bond donors (Lipinski definition) is 1. The minimum absolute atomic E-state index is 0.122. The van der Waals surface area contributed by atoms with Gasteiger partial charge in [0, 0.05) is 12.0 Å². The molecule has 2 aromatic carbocycles. The lowest BCUT2D eigenvalue weighted by Gasteiger charge is -2.17. The Morgan fingerprint density at radius 3 is 2.62 bits per heavy atom. The minimum atomic E-state index is -0.676. The van der Waals surface area contributed by atoms with E-state index in [9.17, 15) is 14.0 Å². The summed E-state index contributed by atoms with van der Waals surface area (Å²) in [4.78, 5) is 23.8. The van der Waals surface area contributed by atoms with Gasteiger partial charge < -0.3 is 14.8 Å². The van der Waals surface area contributed by atoms with E-state index in [2.05, 4.69) is 26.0 Å². The Morgan fingerprint density at radius 1 is 1.23 bits per heavy atom. The van der Waals surface area contributed by atoms with Gasteiger partial charge in [-0.2, -0.15) is 0 Å². The van der Waals surface area contributed by atoms with E-state index in [0.717, 1.165) is 18.4 Å². The van der Waals surface area contributed by atoms with Crippen LogP contribution in [0.5, 0.6) is 5.75 Å². The first-order valence-corrected chi connectivity index (χ1v) is 8.83. The maximum absolute atomic E-state index is 13.8. The van der Waals surface area contributed by atoms with Gasteiger partial charge in [-0.1, -0.05) is 18.2 Å². The van der Waals surface area contributed by atoms with Gasteiger partial charge in [0.25, 0.3) is 0 Å². The van der Waals surface area contributed by atoms with Crippen molar-refractivity contribution in [2.45, 2.75) is 18.3 Å². The van der Waals surface area contributed by atoms with Gasteiger partial charge in [-0.05, 0) is 58.6 Å². The van der Waals surface area contributed by atoms with Crippen LogP contribution in [0.1, 0.15) is 28.8 Å². The van der Waals surface area contributed by atoms with Crippen LogP contribution < -0.4 is 10.1 Å². The lowest BCUT2D eigenvalue weighted by Crippen LogP contribution is -2.34. The van der Waals surface area contributed by atoms with Gasteiger partial charge in [0.1, 0.15) is 17.1 Å². The molecular formula is C19H17BrFNO4. The molecule has 1 aliphatic rings. The summed E-state index contributed by atoms with van der Waals surface area (Å²) in [5.74, 6) is -0.794. The van der Waals surface area contributed by atoms with Crippen molar-refractivity contribution in [1.82, 2.24) is 5.32 Å². The Kier molecular flexibility index (Phi) is 5.27. The van der Waals surface area contributed by atoms with Gasteiger partial charge in [-0.3, -0.25) is 0 Å². The van der Waals surface area contributed by atoms with Crippen molar-refractivity contribution >= 4 is 28.0 Å². The number of benzene rings is 2. The summed E-state index contributed by atoms with van der Waals surface area (Å²) in [6.45, 7) is 0.327. The number of hydrogen-bond acceptors (Lipinski definition) is 4. The van der Waals surface area contributed by atoms with Crippen LogP contribution in [-0.2, 0) is 10.2 Å². The quantitative estimate of drug-likeness (QED) is 0.734. The summed E-state index contributed by atoms with van der Waals surface area (Å²) in [6.07, 6.45) is 1.03. The largest absolute Gasteiger partial charge is 0.465 e.